The number of ether oxygens (including phenoxy) is 3. The molecule has 0 aromatic heterocycles. The molecule has 2 aliphatic heterocycles. The molecule has 19 heavy (non-hydrogen) atoms. The van der Waals surface area contributed by atoms with E-state index < -0.39 is 0 Å². The van der Waals surface area contributed by atoms with Crippen LogP contribution in [0.5, 0.6) is 0 Å². The van der Waals surface area contributed by atoms with Crippen LogP contribution in [0.25, 0.3) is 0 Å². The van der Waals surface area contributed by atoms with Gasteiger partial charge in [0.25, 0.3) is 0 Å². The Morgan fingerprint density at radius 1 is 1.37 bits per heavy atom. The lowest BCUT2D eigenvalue weighted by Gasteiger charge is -2.20. The van der Waals surface area contributed by atoms with Crippen molar-refractivity contribution in [2.45, 2.75) is 63.8 Å². The van der Waals surface area contributed by atoms with E-state index in [1.165, 1.54) is 0 Å². The van der Waals surface area contributed by atoms with Crippen molar-refractivity contribution in [2.75, 3.05) is 13.2 Å². The first-order valence-corrected chi connectivity index (χ1v) is 7.70. The van der Waals surface area contributed by atoms with E-state index in [2.05, 4.69) is 6.92 Å². The van der Waals surface area contributed by atoms with Crippen molar-refractivity contribution >= 4 is 5.97 Å². The zero-order valence-electron chi connectivity index (χ0n) is 11.7. The van der Waals surface area contributed by atoms with Gasteiger partial charge in [-0.2, -0.15) is 0 Å². The second kappa shape index (κ2) is 5.80. The van der Waals surface area contributed by atoms with Crippen LogP contribution in [0, 0.1) is 11.8 Å². The van der Waals surface area contributed by atoms with Gasteiger partial charge in [-0.15, -0.1) is 0 Å². The second-order valence-electron chi connectivity index (χ2n) is 6.16. The van der Waals surface area contributed by atoms with Crippen LogP contribution < -0.4 is 0 Å². The molecule has 3 aliphatic rings. The van der Waals surface area contributed by atoms with Crippen molar-refractivity contribution in [3.63, 3.8) is 0 Å². The monoisotopic (exact) mass is 268 g/mol. The highest BCUT2D eigenvalue weighted by Gasteiger charge is 2.44. The smallest absolute Gasteiger partial charge is 0.308 e. The van der Waals surface area contributed by atoms with Crippen LogP contribution in [0.3, 0.4) is 0 Å². The zero-order valence-corrected chi connectivity index (χ0v) is 11.7. The molecule has 0 aromatic carbocycles. The van der Waals surface area contributed by atoms with E-state index in [-0.39, 0.29) is 11.9 Å². The lowest BCUT2D eigenvalue weighted by molar-refractivity contribution is -0.150. The Hall–Kier alpha value is -0.610. The molecule has 5 unspecified atom stereocenters. The first-order chi connectivity index (χ1) is 9.26. The molecule has 4 heteroatoms. The Labute approximate surface area is 114 Å². The highest BCUT2D eigenvalue weighted by atomic mass is 16.6. The van der Waals surface area contributed by atoms with Gasteiger partial charge in [-0.3, -0.25) is 4.79 Å². The number of carbonyl (C=O) groups is 1. The van der Waals surface area contributed by atoms with Crippen molar-refractivity contribution in [2.24, 2.45) is 11.8 Å². The van der Waals surface area contributed by atoms with Gasteiger partial charge in [-0.1, -0.05) is 6.92 Å². The maximum absolute atomic E-state index is 12.0. The molecule has 1 aliphatic carbocycles. The minimum absolute atomic E-state index is 0.0120. The van der Waals surface area contributed by atoms with Crippen LogP contribution in [0.1, 0.15) is 45.4 Å². The van der Waals surface area contributed by atoms with E-state index in [0.717, 1.165) is 45.1 Å². The molecule has 0 amide bonds. The topological polar surface area (TPSA) is 51.4 Å². The fourth-order valence-electron chi connectivity index (χ4n) is 3.07. The fraction of sp³-hybridized carbons (Fsp3) is 0.933. The molecule has 0 spiro atoms. The molecule has 0 N–H and O–H groups in total. The molecule has 0 aromatic rings. The predicted octanol–water partition coefficient (Wildman–Crippen LogP) is 2.30. The van der Waals surface area contributed by atoms with E-state index >= 15 is 0 Å². The van der Waals surface area contributed by atoms with Gasteiger partial charge in [0, 0.05) is 0 Å². The number of hydrogen-bond acceptors (Lipinski definition) is 4. The van der Waals surface area contributed by atoms with Crippen LogP contribution >= 0.6 is 0 Å². The summed E-state index contributed by atoms with van der Waals surface area (Å²) in [6.45, 7) is 3.51. The van der Waals surface area contributed by atoms with Crippen LogP contribution in [-0.2, 0) is 19.0 Å². The number of fused-ring (bicyclic) bond motifs is 1. The largest absolute Gasteiger partial charge is 0.465 e. The number of esters is 1. The predicted molar refractivity (Wildman–Crippen MR) is 69.7 cm³/mol. The Kier molecular flexibility index (Phi) is 4.08. The maximum Gasteiger partial charge on any atom is 0.308 e. The quantitative estimate of drug-likeness (QED) is 0.525. The van der Waals surface area contributed by atoms with Gasteiger partial charge in [0.05, 0.1) is 37.4 Å². The average molecular weight is 268 g/mol. The first kappa shape index (κ1) is 13.4. The summed E-state index contributed by atoms with van der Waals surface area (Å²) >= 11 is 0. The molecule has 108 valence electrons. The summed E-state index contributed by atoms with van der Waals surface area (Å²) in [6.07, 6.45) is 7.51. The number of carbonyl (C=O) groups excluding carboxylic acids is 1. The molecule has 0 bridgehead atoms. The van der Waals surface area contributed by atoms with E-state index in [4.69, 9.17) is 14.2 Å². The third-order valence-corrected chi connectivity index (χ3v) is 4.64. The Morgan fingerprint density at radius 2 is 2.21 bits per heavy atom. The molecule has 3 fully saturated rings. The van der Waals surface area contributed by atoms with Crippen LogP contribution in [0.4, 0.5) is 0 Å². The first-order valence-electron chi connectivity index (χ1n) is 7.70. The summed E-state index contributed by atoms with van der Waals surface area (Å²) < 4.78 is 16.2. The third-order valence-electron chi connectivity index (χ3n) is 4.64. The Bertz CT molecular complexity index is 326. The highest BCUT2D eigenvalue weighted by Crippen LogP contribution is 2.39. The standard InChI is InChI=1S/C15H24O4/c1-2-11(4-5-12-9-17-12)15(16)18-8-10-3-6-13-14(7-10)19-13/h10-14H,2-9H2,1H3. The van der Waals surface area contributed by atoms with Crippen molar-refractivity contribution in [1.29, 1.82) is 0 Å². The van der Waals surface area contributed by atoms with E-state index in [1.54, 1.807) is 0 Å². The summed E-state index contributed by atoms with van der Waals surface area (Å²) in [5, 5.41) is 0. The van der Waals surface area contributed by atoms with E-state index in [0.29, 0.717) is 30.8 Å². The minimum atomic E-state index is -0.0120. The summed E-state index contributed by atoms with van der Waals surface area (Å²) in [6, 6.07) is 0. The number of rotatable bonds is 7. The minimum Gasteiger partial charge on any atom is -0.465 e. The molecule has 2 saturated heterocycles. The SMILES string of the molecule is CCC(CCC1CO1)C(=O)OCC1CCC2OC2C1. The summed E-state index contributed by atoms with van der Waals surface area (Å²) in [5.74, 6) is 0.552. The normalized spacial score (nSPS) is 37.3. The van der Waals surface area contributed by atoms with Gasteiger partial charge < -0.3 is 14.2 Å². The van der Waals surface area contributed by atoms with Gasteiger partial charge in [-0.25, -0.2) is 0 Å². The van der Waals surface area contributed by atoms with Crippen LogP contribution in [0.15, 0.2) is 0 Å². The fourth-order valence-corrected chi connectivity index (χ4v) is 3.07. The second-order valence-corrected chi connectivity index (χ2v) is 6.16. The van der Waals surface area contributed by atoms with Crippen molar-refractivity contribution in [3.8, 4) is 0 Å². The van der Waals surface area contributed by atoms with Crippen molar-refractivity contribution in [1.82, 2.24) is 0 Å². The zero-order chi connectivity index (χ0) is 13.2. The molecule has 2 heterocycles. The van der Waals surface area contributed by atoms with Gasteiger partial charge in [0.15, 0.2) is 0 Å². The summed E-state index contributed by atoms with van der Waals surface area (Å²) in [4.78, 5) is 12.0. The van der Waals surface area contributed by atoms with Crippen LogP contribution in [0.2, 0.25) is 0 Å². The third kappa shape index (κ3) is 3.69. The van der Waals surface area contributed by atoms with E-state index in [9.17, 15) is 4.79 Å². The summed E-state index contributed by atoms with van der Waals surface area (Å²) in [5.41, 5.74) is 0. The van der Waals surface area contributed by atoms with Gasteiger partial charge in [0.2, 0.25) is 0 Å². The van der Waals surface area contributed by atoms with Gasteiger partial charge in [-0.05, 0) is 44.4 Å². The molecule has 3 rings (SSSR count). The lowest BCUT2D eigenvalue weighted by Crippen LogP contribution is -2.24. The maximum atomic E-state index is 12.0. The molecule has 0 radical (unpaired) electrons. The summed E-state index contributed by atoms with van der Waals surface area (Å²) in [7, 11) is 0. The average Bonchev–Trinajstić information content (AvgIpc) is 3.30. The molecule has 5 atom stereocenters. The molecule has 1 saturated carbocycles. The Morgan fingerprint density at radius 3 is 2.89 bits per heavy atom. The van der Waals surface area contributed by atoms with E-state index in [1.807, 2.05) is 0 Å². The van der Waals surface area contributed by atoms with Gasteiger partial charge >= 0.3 is 5.97 Å². The van der Waals surface area contributed by atoms with Crippen LogP contribution in [-0.4, -0.2) is 37.5 Å². The molecular formula is C15H24O4. The molecule has 4 nitrogen and oxygen atoms in total. The van der Waals surface area contributed by atoms with Gasteiger partial charge in [0.1, 0.15) is 0 Å². The van der Waals surface area contributed by atoms with Crippen molar-refractivity contribution < 1.29 is 19.0 Å². The number of hydrogen-bond donors (Lipinski definition) is 0. The molecular weight excluding hydrogens is 244 g/mol. The van der Waals surface area contributed by atoms with Crippen molar-refractivity contribution in [3.05, 3.63) is 0 Å². The Balaban J connectivity index is 1.35. The highest BCUT2D eigenvalue weighted by molar-refractivity contribution is 5.72. The lowest BCUT2D eigenvalue weighted by atomic mass is 9.90. The number of epoxide rings is 2.